The molecule has 5 heteroatoms. The molecule has 100 valence electrons. The first kappa shape index (κ1) is 12.2. The molecule has 0 atom stereocenters. The number of pyridine rings is 1. The lowest BCUT2D eigenvalue weighted by atomic mass is 10.2. The molecular formula is C14H18N4O. The summed E-state index contributed by atoms with van der Waals surface area (Å²) in [5, 5.41) is 10.4. The Balaban J connectivity index is 1.67. The van der Waals surface area contributed by atoms with Crippen molar-refractivity contribution in [2.45, 2.75) is 39.3 Å². The highest BCUT2D eigenvalue weighted by atomic mass is 16.5. The van der Waals surface area contributed by atoms with E-state index in [1.54, 1.807) is 0 Å². The molecule has 0 saturated heterocycles. The van der Waals surface area contributed by atoms with Gasteiger partial charge in [0.05, 0.1) is 0 Å². The van der Waals surface area contributed by atoms with E-state index in [1.165, 1.54) is 18.4 Å². The molecule has 1 saturated carbocycles. The van der Waals surface area contributed by atoms with Crippen molar-refractivity contribution in [2.75, 3.05) is 0 Å². The maximum absolute atomic E-state index is 5.60. The van der Waals surface area contributed by atoms with Gasteiger partial charge in [-0.1, -0.05) is 6.07 Å². The number of nitrogens with zero attached hydrogens (tertiary/aromatic N) is 2. The van der Waals surface area contributed by atoms with E-state index in [9.17, 15) is 0 Å². The molecule has 1 fully saturated rings. The Bertz CT molecular complexity index is 575. The first-order chi connectivity index (χ1) is 9.20. The van der Waals surface area contributed by atoms with Crippen molar-refractivity contribution >= 4 is 0 Å². The predicted molar refractivity (Wildman–Crippen MR) is 72.2 cm³/mol. The van der Waals surface area contributed by atoms with Gasteiger partial charge in [-0.05, 0) is 32.3 Å². The van der Waals surface area contributed by atoms with Crippen LogP contribution in [0.3, 0.4) is 0 Å². The van der Waals surface area contributed by atoms with E-state index in [2.05, 4.69) is 26.6 Å². The quantitative estimate of drug-likeness (QED) is 0.864. The van der Waals surface area contributed by atoms with Gasteiger partial charge in [0, 0.05) is 36.1 Å². The summed E-state index contributed by atoms with van der Waals surface area (Å²) in [6.45, 7) is 4.82. The molecule has 3 rings (SSSR count). The van der Waals surface area contributed by atoms with E-state index in [-0.39, 0.29) is 0 Å². The summed E-state index contributed by atoms with van der Waals surface area (Å²) in [7, 11) is 0. The van der Waals surface area contributed by atoms with Gasteiger partial charge in [0.2, 0.25) is 11.8 Å². The summed E-state index contributed by atoms with van der Waals surface area (Å²) < 4.78 is 5.60. The van der Waals surface area contributed by atoms with Crippen LogP contribution in [0.4, 0.5) is 0 Å². The van der Waals surface area contributed by atoms with Gasteiger partial charge in [-0.15, -0.1) is 5.10 Å². The van der Waals surface area contributed by atoms with Gasteiger partial charge >= 0.3 is 0 Å². The van der Waals surface area contributed by atoms with Crippen LogP contribution in [0.2, 0.25) is 0 Å². The van der Waals surface area contributed by atoms with Gasteiger partial charge < -0.3 is 10.1 Å². The Hall–Kier alpha value is -1.88. The SMILES string of the molecule is Cc1cc(Oc2ccc(CNC3CC3)c(C)n2)n[nH]1. The second kappa shape index (κ2) is 5.01. The van der Waals surface area contributed by atoms with Crippen LogP contribution in [0.15, 0.2) is 18.2 Å². The van der Waals surface area contributed by atoms with Gasteiger partial charge in [-0.3, -0.25) is 5.10 Å². The Morgan fingerprint density at radius 2 is 2.16 bits per heavy atom. The zero-order valence-electron chi connectivity index (χ0n) is 11.2. The highest BCUT2D eigenvalue weighted by Gasteiger charge is 2.20. The lowest BCUT2D eigenvalue weighted by Gasteiger charge is -2.08. The van der Waals surface area contributed by atoms with Crippen molar-refractivity contribution < 1.29 is 4.74 Å². The third kappa shape index (κ3) is 3.12. The van der Waals surface area contributed by atoms with E-state index in [1.807, 2.05) is 26.0 Å². The lowest BCUT2D eigenvalue weighted by Crippen LogP contribution is -2.16. The zero-order chi connectivity index (χ0) is 13.2. The Morgan fingerprint density at radius 1 is 1.32 bits per heavy atom. The molecule has 0 aromatic carbocycles. The smallest absolute Gasteiger partial charge is 0.240 e. The number of ether oxygens (including phenoxy) is 1. The standard InChI is InChI=1S/C14H18N4O/c1-9-7-14(18-17-9)19-13-6-3-11(10(2)16-13)8-15-12-4-5-12/h3,6-7,12,15H,4-5,8H2,1-2H3,(H,17,18). The first-order valence-corrected chi connectivity index (χ1v) is 6.60. The molecule has 2 aromatic heterocycles. The normalized spacial score (nSPS) is 14.6. The minimum absolute atomic E-state index is 0.549. The van der Waals surface area contributed by atoms with Crippen molar-refractivity contribution in [3.05, 3.63) is 35.2 Å². The van der Waals surface area contributed by atoms with Crippen LogP contribution in [0, 0.1) is 13.8 Å². The topological polar surface area (TPSA) is 62.8 Å². The molecule has 2 heterocycles. The van der Waals surface area contributed by atoms with Crippen LogP contribution < -0.4 is 10.1 Å². The molecule has 1 aliphatic rings. The molecule has 0 aliphatic heterocycles. The second-order valence-corrected chi connectivity index (χ2v) is 5.04. The van der Waals surface area contributed by atoms with Gasteiger partial charge in [-0.2, -0.15) is 0 Å². The third-order valence-corrected chi connectivity index (χ3v) is 3.22. The van der Waals surface area contributed by atoms with Gasteiger partial charge in [0.1, 0.15) is 0 Å². The molecule has 0 spiro atoms. The van der Waals surface area contributed by atoms with Crippen LogP contribution in [-0.4, -0.2) is 21.2 Å². The van der Waals surface area contributed by atoms with Crippen molar-refractivity contribution in [1.82, 2.24) is 20.5 Å². The number of hydrogen-bond donors (Lipinski definition) is 2. The number of hydrogen-bond acceptors (Lipinski definition) is 4. The Morgan fingerprint density at radius 3 is 2.79 bits per heavy atom. The minimum atomic E-state index is 0.549. The molecule has 5 nitrogen and oxygen atoms in total. The van der Waals surface area contributed by atoms with E-state index >= 15 is 0 Å². The number of H-pyrrole nitrogens is 1. The summed E-state index contributed by atoms with van der Waals surface area (Å²) in [5.41, 5.74) is 3.19. The van der Waals surface area contributed by atoms with Gasteiger partial charge in [0.25, 0.3) is 0 Å². The molecule has 0 bridgehead atoms. The van der Waals surface area contributed by atoms with Crippen molar-refractivity contribution in [2.24, 2.45) is 0 Å². The Labute approximate surface area is 112 Å². The summed E-state index contributed by atoms with van der Waals surface area (Å²) in [5.74, 6) is 1.13. The van der Waals surface area contributed by atoms with Gasteiger partial charge in [-0.25, -0.2) is 4.98 Å². The van der Waals surface area contributed by atoms with Crippen molar-refractivity contribution in [1.29, 1.82) is 0 Å². The molecule has 19 heavy (non-hydrogen) atoms. The summed E-state index contributed by atoms with van der Waals surface area (Å²) in [4.78, 5) is 4.46. The second-order valence-electron chi connectivity index (χ2n) is 5.04. The molecule has 1 aliphatic carbocycles. The Kier molecular flexibility index (Phi) is 3.21. The average Bonchev–Trinajstić information content (AvgIpc) is 3.12. The fraction of sp³-hybridized carbons (Fsp3) is 0.429. The zero-order valence-corrected chi connectivity index (χ0v) is 11.2. The highest BCUT2D eigenvalue weighted by molar-refractivity contribution is 5.27. The molecule has 0 unspecified atom stereocenters. The van der Waals surface area contributed by atoms with E-state index in [0.29, 0.717) is 17.8 Å². The monoisotopic (exact) mass is 258 g/mol. The minimum Gasteiger partial charge on any atom is -0.419 e. The molecule has 2 aromatic rings. The first-order valence-electron chi connectivity index (χ1n) is 6.60. The molecular weight excluding hydrogens is 240 g/mol. The fourth-order valence-electron chi connectivity index (χ4n) is 1.90. The number of nitrogens with one attached hydrogen (secondary N) is 2. The van der Waals surface area contributed by atoms with E-state index in [0.717, 1.165) is 17.9 Å². The molecule has 2 N–H and O–H groups in total. The third-order valence-electron chi connectivity index (χ3n) is 3.22. The number of aromatic amines is 1. The highest BCUT2D eigenvalue weighted by Crippen LogP contribution is 2.22. The largest absolute Gasteiger partial charge is 0.419 e. The summed E-state index contributed by atoms with van der Waals surface area (Å²) in [6.07, 6.45) is 2.60. The maximum atomic E-state index is 5.60. The lowest BCUT2D eigenvalue weighted by molar-refractivity contribution is 0.441. The van der Waals surface area contributed by atoms with Crippen LogP contribution in [0.1, 0.15) is 29.8 Å². The maximum Gasteiger partial charge on any atom is 0.240 e. The fourth-order valence-corrected chi connectivity index (χ4v) is 1.90. The number of aryl methyl sites for hydroxylation is 2. The number of aromatic nitrogens is 3. The summed E-state index contributed by atoms with van der Waals surface area (Å²) in [6, 6.07) is 6.51. The van der Waals surface area contributed by atoms with Crippen LogP contribution in [0.5, 0.6) is 11.8 Å². The van der Waals surface area contributed by atoms with E-state index in [4.69, 9.17) is 4.74 Å². The van der Waals surface area contributed by atoms with Crippen LogP contribution >= 0.6 is 0 Å². The summed E-state index contributed by atoms with van der Waals surface area (Å²) >= 11 is 0. The van der Waals surface area contributed by atoms with Crippen LogP contribution in [-0.2, 0) is 6.54 Å². The van der Waals surface area contributed by atoms with Gasteiger partial charge in [0.15, 0.2) is 0 Å². The van der Waals surface area contributed by atoms with Crippen LogP contribution in [0.25, 0.3) is 0 Å². The predicted octanol–water partition coefficient (Wildman–Crippen LogP) is 2.47. The van der Waals surface area contributed by atoms with Crippen molar-refractivity contribution in [3.8, 4) is 11.8 Å². The number of rotatable bonds is 5. The molecule has 0 amide bonds. The molecule has 0 radical (unpaired) electrons. The van der Waals surface area contributed by atoms with E-state index < -0.39 is 0 Å². The van der Waals surface area contributed by atoms with Crippen molar-refractivity contribution in [3.63, 3.8) is 0 Å². The average molecular weight is 258 g/mol.